The smallest absolute Gasteiger partial charge is 0.195 e. The van der Waals surface area contributed by atoms with E-state index in [-0.39, 0.29) is 12.5 Å². The van der Waals surface area contributed by atoms with Crippen molar-refractivity contribution in [1.29, 1.82) is 0 Å². The van der Waals surface area contributed by atoms with Crippen molar-refractivity contribution in [2.45, 2.75) is 25.8 Å². The van der Waals surface area contributed by atoms with Gasteiger partial charge in [-0.05, 0) is 42.8 Å². The number of nitrogens with zero attached hydrogens (tertiary/aromatic N) is 1. The van der Waals surface area contributed by atoms with Gasteiger partial charge in [0.05, 0.1) is 13.8 Å². The second-order valence-electron chi connectivity index (χ2n) is 7.19. The van der Waals surface area contributed by atoms with Crippen LogP contribution in [-0.4, -0.2) is 24.1 Å². The molecule has 4 heteroatoms. The SMILES string of the molecule is COc1ccc(C(=O)c2cn(CCCCCF)c3ccccc23)c2ccccc12. The second kappa shape index (κ2) is 8.48. The van der Waals surface area contributed by atoms with Crippen molar-refractivity contribution in [2.75, 3.05) is 13.8 Å². The van der Waals surface area contributed by atoms with Crippen LogP contribution in [0.5, 0.6) is 5.75 Å². The first-order valence-electron chi connectivity index (χ1n) is 9.99. The van der Waals surface area contributed by atoms with Gasteiger partial charge in [0, 0.05) is 40.2 Å². The number of methoxy groups -OCH3 is 1. The number of carbonyl (C=O) groups is 1. The monoisotopic (exact) mass is 389 g/mol. The highest BCUT2D eigenvalue weighted by molar-refractivity contribution is 6.21. The number of para-hydroxylation sites is 1. The molecule has 3 nitrogen and oxygen atoms in total. The summed E-state index contributed by atoms with van der Waals surface area (Å²) in [6.45, 7) is 0.498. The van der Waals surface area contributed by atoms with Crippen molar-refractivity contribution < 1.29 is 13.9 Å². The summed E-state index contributed by atoms with van der Waals surface area (Å²) in [5, 5.41) is 2.76. The average molecular weight is 389 g/mol. The van der Waals surface area contributed by atoms with Gasteiger partial charge in [-0.15, -0.1) is 0 Å². The number of ether oxygens (including phenoxy) is 1. The minimum absolute atomic E-state index is 0.00237. The van der Waals surface area contributed by atoms with Crippen LogP contribution in [0.3, 0.4) is 0 Å². The van der Waals surface area contributed by atoms with Crippen LogP contribution in [0.4, 0.5) is 4.39 Å². The molecule has 148 valence electrons. The quantitative estimate of drug-likeness (QED) is 0.266. The van der Waals surface area contributed by atoms with Crippen molar-refractivity contribution in [2.24, 2.45) is 0 Å². The Kier molecular flexibility index (Phi) is 5.61. The number of benzene rings is 3. The van der Waals surface area contributed by atoms with Crippen LogP contribution in [0.25, 0.3) is 21.7 Å². The minimum atomic E-state index is -0.277. The Morgan fingerprint density at radius 2 is 1.59 bits per heavy atom. The zero-order valence-electron chi connectivity index (χ0n) is 16.5. The molecule has 0 spiro atoms. The minimum Gasteiger partial charge on any atom is -0.496 e. The van der Waals surface area contributed by atoms with E-state index in [0.29, 0.717) is 17.5 Å². The largest absolute Gasteiger partial charge is 0.496 e. The number of unbranched alkanes of at least 4 members (excludes halogenated alkanes) is 2. The van der Waals surface area contributed by atoms with Gasteiger partial charge >= 0.3 is 0 Å². The maximum atomic E-state index is 13.6. The van der Waals surface area contributed by atoms with E-state index < -0.39 is 0 Å². The Labute approximate surface area is 169 Å². The number of alkyl halides is 1. The van der Waals surface area contributed by atoms with E-state index in [1.165, 1.54) is 0 Å². The van der Waals surface area contributed by atoms with Gasteiger partial charge in [0.25, 0.3) is 0 Å². The molecule has 3 aromatic carbocycles. The molecule has 0 aliphatic rings. The van der Waals surface area contributed by atoms with E-state index in [4.69, 9.17) is 4.74 Å². The van der Waals surface area contributed by atoms with Crippen molar-refractivity contribution in [1.82, 2.24) is 4.57 Å². The first kappa shape index (κ1) is 19.2. The third-order valence-electron chi connectivity index (χ3n) is 5.41. The van der Waals surface area contributed by atoms with Gasteiger partial charge in [-0.3, -0.25) is 9.18 Å². The van der Waals surface area contributed by atoms with Crippen molar-refractivity contribution in [3.63, 3.8) is 0 Å². The lowest BCUT2D eigenvalue weighted by atomic mass is 9.96. The fourth-order valence-electron chi connectivity index (χ4n) is 3.96. The Balaban J connectivity index is 1.77. The number of aryl methyl sites for hydroxylation is 1. The molecule has 0 saturated heterocycles. The molecule has 0 aliphatic heterocycles. The van der Waals surface area contributed by atoms with Crippen LogP contribution >= 0.6 is 0 Å². The molecule has 1 heterocycles. The van der Waals surface area contributed by atoms with E-state index >= 15 is 0 Å². The van der Waals surface area contributed by atoms with Crippen LogP contribution < -0.4 is 4.74 Å². The highest BCUT2D eigenvalue weighted by Gasteiger charge is 2.19. The maximum absolute atomic E-state index is 13.6. The third-order valence-corrected chi connectivity index (χ3v) is 5.41. The lowest BCUT2D eigenvalue weighted by molar-refractivity contribution is 0.104. The standard InChI is InChI=1S/C25H24FNO2/c1-29-24-14-13-21(18-9-3-4-11-20(18)24)25(28)22-17-27(16-8-2-7-15-26)23-12-6-5-10-19(22)23/h3-6,9-14,17H,2,7-8,15-16H2,1H3. The number of hydrogen-bond acceptors (Lipinski definition) is 2. The molecular weight excluding hydrogens is 365 g/mol. The van der Waals surface area contributed by atoms with E-state index in [9.17, 15) is 9.18 Å². The molecule has 0 N–H and O–H groups in total. The summed E-state index contributed by atoms with van der Waals surface area (Å²) in [6, 6.07) is 19.5. The fraction of sp³-hybridized carbons (Fsp3) is 0.240. The van der Waals surface area contributed by atoms with Crippen molar-refractivity contribution in [3.8, 4) is 5.75 Å². The van der Waals surface area contributed by atoms with Gasteiger partial charge in [0.1, 0.15) is 5.75 Å². The summed E-state index contributed by atoms with van der Waals surface area (Å²) in [6.07, 6.45) is 4.27. The van der Waals surface area contributed by atoms with Gasteiger partial charge in [-0.25, -0.2) is 0 Å². The molecule has 1 aromatic heterocycles. The number of halogens is 1. The Morgan fingerprint density at radius 3 is 2.34 bits per heavy atom. The van der Waals surface area contributed by atoms with Gasteiger partial charge < -0.3 is 9.30 Å². The molecule has 0 fully saturated rings. The average Bonchev–Trinajstić information content (AvgIpc) is 3.14. The molecular formula is C25H24FNO2. The fourth-order valence-corrected chi connectivity index (χ4v) is 3.96. The number of carbonyl (C=O) groups excluding carboxylic acids is 1. The number of fused-ring (bicyclic) bond motifs is 2. The predicted octanol–water partition coefficient (Wildman–Crippen LogP) is 6.17. The molecule has 0 bridgehead atoms. The van der Waals surface area contributed by atoms with Crippen molar-refractivity contribution >= 4 is 27.5 Å². The van der Waals surface area contributed by atoms with Crippen LogP contribution in [-0.2, 0) is 6.54 Å². The lowest BCUT2D eigenvalue weighted by Gasteiger charge is -2.09. The molecule has 0 atom stereocenters. The second-order valence-corrected chi connectivity index (χ2v) is 7.19. The first-order valence-corrected chi connectivity index (χ1v) is 9.99. The van der Waals surface area contributed by atoms with E-state index in [2.05, 4.69) is 4.57 Å². The van der Waals surface area contributed by atoms with E-state index in [1.54, 1.807) is 7.11 Å². The number of hydrogen-bond donors (Lipinski definition) is 0. The third kappa shape index (κ3) is 3.63. The van der Waals surface area contributed by atoms with Crippen LogP contribution in [0.1, 0.15) is 35.2 Å². The van der Waals surface area contributed by atoms with Crippen LogP contribution in [0, 0.1) is 0 Å². The normalized spacial score (nSPS) is 11.2. The van der Waals surface area contributed by atoms with Crippen LogP contribution in [0.15, 0.2) is 66.9 Å². The predicted molar refractivity (Wildman–Crippen MR) is 116 cm³/mol. The highest BCUT2D eigenvalue weighted by Crippen LogP contribution is 2.31. The van der Waals surface area contributed by atoms with Crippen molar-refractivity contribution in [3.05, 3.63) is 78.0 Å². The molecule has 0 saturated carbocycles. The van der Waals surface area contributed by atoms with Gasteiger partial charge in [-0.1, -0.05) is 42.5 Å². The number of aromatic nitrogens is 1. The van der Waals surface area contributed by atoms with Crippen LogP contribution in [0.2, 0.25) is 0 Å². The Bertz CT molecular complexity index is 1160. The zero-order chi connectivity index (χ0) is 20.2. The Morgan fingerprint density at radius 1 is 0.862 bits per heavy atom. The molecule has 0 radical (unpaired) electrons. The van der Waals surface area contributed by atoms with Gasteiger partial charge in [0.15, 0.2) is 5.78 Å². The zero-order valence-corrected chi connectivity index (χ0v) is 16.5. The molecule has 0 unspecified atom stereocenters. The summed E-state index contributed by atoms with van der Waals surface area (Å²) in [5.74, 6) is 0.759. The summed E-state index contributed by atoms with van der Waals surface area (Å²) < 4.78 is 20.0. The molecule has 4 rings (SSSR count). The topological polar surface area (TPSA) is 31.2 Å². The Hall–Kier alpha value is -3.14. The summed E-state index contributed by atoms with van der Waals surface area (Å²) in [7, 11) is 1.64. The summed E-state index contributed by atoms with van der Waals surface area (Å²) in [5.41, 5.74) is 2.40. The first-order chi connectivity index (χ1) is 14.2. The van der Waals surface area contributed by atoms with Gasteiger partial charge in [-0.2, -0.15) is 0 Å². The molecule has 29 heavy (non-hydrogen) atoms. The van der Waals surface area contributed by atoms with E-state index in [0.717, 1.165) is 46.8 Å². The molecule has 0 aliphatic carbocycles. The number of ketones is 1. The van der Waals surface area contributed by atoms with E-state index in [1.807, 2.05) is 66.9 Å². The van der Waals surface area contributed by atoms with Gasteiger partial charge in [0.2, 0.25) is 0 Å². The maximum Gasteiger partial charge on any atom is 0.195 e. The molecule has 0 amide bonds. The summed E-state index contributed by atoms with van der Waals surface area (Å²) in [4.78, 5) is 13.6. The summed E-state index contributed by atoms with van der Waals surface area (Å²) >= 11 is 0. The molecule has 4 aromatic rings. The lowest BCUT2D eigenvalue weighted by Crippen LogP contribution is -2.03. The highest BCUT2D eigenvalue weighted by atomic mass is 19.1. The number of rotatable bonds is 8.